The maximum absolute atomic E-state index is 10.2. The molecule has 1 aromatic heterocycles. The van der Waals surface area contributed by atoms with Gasteiger partial charge >= 0.3 is 6.09 Å². The lowest BCUT2D eigenvalue weighted by molar-refractivity contribution is 0.191. The van der Waals surface area contributed by atoms with Gasteiger partial charge in [-0.2, -0.15) is 5.10 Å². The Morgan fingerprint density at radius 3 is 3.54 bits per heavy atom. The molecular weight excluding hydrogens is 174 g/mol. The van der Waals surface area contributed by atoms with Gasteiger partial charge in [0, 0.05) is 12.6 Å². The predicted octanol–water partition coefficient (Wildman–Crippen LogP) is 0.0842. The molecule has 1 unspecified atom stereocenters. The topological polar surface area (TPSA) is 76.4 Å². The second kappa shape index (κ2) is 2.96. The van der Waals surface area contributed by atoms with Crippen LogP contribution in [0.15, 0.2) is 12.3 Å². The molecular formula is C7H9N3O3. The minimum Gasteiger partial charge on any atom is -0.475 e. The molecule has 1 aromatic rings. The summed E-state index contributed by atoms with van der Waals surface area (Å²) >= 11 is 0. The minimum atomic E-state index is -1.03. The van der Waals surface area contributed by atoms with Crippen LogP contribution >= 0.6 is 0 Å². The Hall–Kier alpha value is -1.72. The number of ether oxygens (including phenoxy) is 1. The highest BCUT2D eigenvalue weighted by Crippen LogP contribution is 2.23. The summed E-state index contributed by atoms with van der Waals surface area (Å²) in [6.07, 6.45) is 0.600. The molecule has 2 rings (SSSR count). The van der Waals surface area contributed by atoms with Crippen LogP contribution in [0.4, 0.5) is 4.79 Å². The number of carboxylic acid groups (broad SMARTS) is 1. The van der Waals surface area contributed by atoms with E-state index in [2.05, 4.69) is 10.4 Å². The van der Waals surface area contributed by atoms with Gasteiger partial charge in [0.1, 0.15) is 12.6 Å². The van der Waals surface area contributed by atoms with E-state index in [9.17, 15) is 4.79 Å². The van der Waals surface area contributed by atoms with E-state index in [1.165, 1.54) is 0 Å². The molecule has 0 spiro atoms. The third kappa shape index (κ3) is 1.42. The first-order valence-electron chi connectivity index (χ1n) is 3.90. The van der Waals surface area contributed by atoms with Gasteiger partial charge in [-0.05, 0) is 0 Å². The SMILES string of the molecule is O=C(O)NCC1COc2ccnn21. The summed E-state index contributed by atoms with van der Waals surface area (Å²) in [5.41, 5.74) is 0. The van der Waals surface area contributed by atoms with Crippen molar-refractivity contribution in [2.75, 3.05) is 13.2 Å². The van der Waals surface area contributed by atoms with Crippen LogP contribution in [-0.4, -0.2) is 34.1 Å². The smallest absolute Gasteiger partial charge is 0.404 e. The Balaban J connectivity index is 2.00. The molecule has 2 heterocycles. The fraction of sp³-hybridized carbons (Fsp3) is 0.429. The van der Waals surface area contributed by atoms with Crippen LogP contribution in [-0.2, 0) is 0 Å². The highest BCUT2D eigenvalue weighted by molar-refractivity contribution is 5.64. The number of hydrogen-bond acceptors (Lipinski definition) is 3. The Labute approximate surface area is 74.1 Å². The average Bonchev–Trinajstić information content (AvgIpc) is 2.60. The van der Waals surface area contributed by atoms with Gasteiger partial charge in [-0.15, -0.1) is 0 Å². The molecule has 6 heteroatoms. The van der Waals surface area contributed by atoms with E-state index in [0.29, 0.717) is 19.0 Å². The normalized spacial score (nSPS) is 19.2. The molecule has 0 saturated heterocycles. The molecule has 0 bridgehead atoms. The monoisotopic (exact) mass is 183 g/mol. The van der Waals surface area contributed by atoms with Crippen molar-refractivity contribution in [2.24, 2.45) is 0 Å². The van der Waals surface area contributed by atoms with Crippen LogP contribution in [0.2, 0.25) is 0 Å². The summed E-state index contributed by atoms with van der Waals surface area (Å²) in [7, 11) is 0. The van der Waals surface area contributed by atoms with E-state index in [4.69, 9.17) is 9.84 Å². The lowest BCUT2D eigenvalue weighted by Crippen LogP contribution is -2.29. The summed E-state index contributed by atoms with van der Waals surface area (Å²) in [4.78, 5) is 10.2. The van der Waals surface area contributed by atoms with Crippen LogP contribution in [0.1, 0.15) is 6.04 Å². The first-order valence-corrected chi connectivity index (χ1v) is 3.90. The number of hydrogen-bond donors (Lipinski definition) is 2. The molecule has 70 valence electrons. The van der Waals surface area contributed by atoms with Gasteiger partial charge in [-0.3, -0.25) is 0 Å². The highest BCUT2D eigenvalue weighted by atomic mass is 16.5. The van der Waals surface area contributed by atoms with E-state index in [1.54, 1.807) is 16.9 Å². The van der Waals surface area contributed by atoms with Gasteiger partial charge in [0.15, 0.2) is 0 Å². The maximum atomic E-state index is 10.2. The van der Waals surface area contributed by atoms with Crippen molar-refractivity contribution in [3.8, 4) is 5.88 Å². The largest absolute Gasteiger partial charge is 0.475 e. The predicted molar refractivity (Wildman–Crippen MR) is 42.8 cm³/mol. The zero-order valence-electron chi connectivity index (χ0n) is 6.80. The molecule has 0 aliphatic carbocycles. The van der Waals surface area contributed by atoms with Crippen molar-refractivity contribution in [3.05, 3.63) is 12.3 Å². The quantitative estimate of drug-likeness (QED) is 0.681. The van der Waals surface area contributed by atoms with Crippen LogP contribution in [0.3, 0.4) is 0 Å². The van der Waals surface area contributed by atoms with E-state index in [-0.39, 0.29) is 6.04 Å². The van der Waals surface area contributed by atoms with E-state index >= 15 is 0 Å². The van der Waals surface area contributed by atoms with E-state index in [1.807, 2.05) is 0 Å². The van der Waals surface area contributed by atoms with Gasteiger partial charge in [0.25, 0.3) is 0 Å². The number of fused-ring (bicyclic) bond motifs is 1. The Bertz CT molecular complexity index is 323. The number of carbonyl (C=O) groups is 1. The molecule has 6 nitrogen and oxygen atoms in total. The summed E-state index contributed by atoms with van der Waals surface area (Å²) in [6.45, 7) is 0.799. The molecule has 1 atom stereocenters. The van der Waals surface area contributed by atoms with Crippen LogP contribution in [0, 0.1) is 0 Å². The fourth-order valence-electron chi connectivity index (χ4n) is 1.29. The van der Waals surface area contributed by atoms with Crippen molar-refractivity contribution in [2.45, 2.75) is 6.04 Å². The number of aromatic nitrogens is 2. The van der Waals surface area contributed by atoms with Crippen LogP contribution in [0.5, 0.6) is 5.88 Å². The van der Waals surface area contributed by atoms with Gasteiger partial charge in [-0.25, -0.2) is 9.48 Å². The maximum Gasteiger partial charge on any atom is 0.404 e. The molecule has 2 N–H and O–H groups in total. The summed E-state index contributed by atoms with van der Waals surface area (Å²) in [5, 5.41) is 14.7. The second-order valence-electron chi connectivity index (χ2n) is 2.76. The van der Waals surface area contributed by atoms with Gasteiger partial charge in [-0.1, -0.05) is 0 Å². The zero-order valence-corrected chi connectivity index (χ0v) is 6.80. The molecule has 1 aliphatic rings. The summed E-state index contributed by atoms with van der Waals surface area (Å²) in [6, 6.07) is 1.72. The molecule has 0 aromatic carbocycles. The standard InChI is InChI=1S/C7H9N3O3/c11-7(12)8-3-5-4-13-6-1-2-9-10(5)6/h1-2,5,8H,3-4H2,(H,11,12). The second-order valence-corrected chi connectivity index (χ2v) is 2.76. The highest BCUT2D eigenvalue weighted by Gasteiger charge is 2.23. The van der Waals surface area contributed by atoms with Crippen LogP contribution < -0.4 is 10.1 Å². The fourth-order valence-corrected chi connectivity index (χ4v) is 1.29. The molecule has 1 amide bonds. The average molecular weight is 183 g/mol. The van der Waals surface area contributed by atoms with Gasteiger partial charge in [0.2, 0.25) is 5.88 Å². The van der Waals surface area contributed by atoms with Crippen molar-refractivity contribution >= 4 is 6.09 Å². The minimum absolute atomic E-state index is 0.0268. The van der Waals surface area contributed by atoms with Crippen molar-refractivity contribution in [1.29, 1.82) is 0 Å². The van der Waals surface area contributed by atoms with Crippen LogP contribution in [0.25, 0.3) is 0 Å². The van der Waals surface area contributed by atoms with E-state index in [0.717, 1.165) is 0 Å². The van der Waals surface area contributed by atoms with Crippen molar-refractivity contribution in [1.82, 2.24) is 15.1 Å². The number of nitrogens with zero attached hydrogens (tertiary/aromatic N) is 2. The molecule has 1 aliphatic heterocycles. The first-order chi connectivity index (χ1) is 6.27. The third-order valence-corrected chi connectivity index (χ3v) is 1.89. The molecule has 0 fully saturated rings. The summed E-state index contributed by atoms with van der Waals surface area (Å²) in [5.74, 6) is 0.692. The third-order valence-electron chi connectivity index (χ3n) is 1.89. The van der Waals surface area contributed by atoms with E-state index < -0.39 is 6.09 Å². The molecule has 0 saturated carbocycles. The Morgan fingerprint density at radius 1 is 1.92 bits per heavy atom. The summed E-state index contributed by atoms with van der Waals surface area (Å²) < 4.78 is 6.93. The van der Waals surface area contributed by atoms with Crippen molar-refractivity contribution < 1.29 is 14.6 Å². The lowest BCUT2D eigenvalue weighted by atomic mass is 10.3. The number of rotatable bonds is 2. The first kappa shape index (κ1) is 7.90. The molecule has 0 radical (unpaired) electrons. The Morgan fingerprint density at radius 2 is 2.77 bits per heavy atom. The zero-order chi connectivity index (χ0) is 9.26. The molecule has 13 heavy (non-hydrogen) atoms. The van der Waals surface area contributed by atoms with Gasteiger partial charge in [0.05, 0.1) is 6.20 Å². The van der Waals surface area contributed by atoms with Crippen molar-refractivity contribution in [3.63, 3.8) is 0 Å². The number of amides is 1. The lowest BCUT2D eigenvalue weighted by Gasteiger charge is -2.07. The Kier molecular flexibility index (Phi) is 1.80. The number of nitrogens with one attached hydrogen (secondary N) is 1. The van der Waals surface area contributed by atoms with Gasteiger partial charge < -0.3 is 15.2 Å².